The van der Waals surface area contributed by atoms with Gasteiger partial charge in [0.25, 0.3) is 0 Å². The maximum atomic E-state index is 12.6. The lowest BCUT2D eigenvalue weighted by atomic mass is 9.76. The van der Waals surface area contributed by atoms with Crippen molar-refractivity contribution < 1.29 is 17.9 Å². The topological polar surface area (TPSA) is 70.2 Å². The Kier molecular flexibility index (Phi) is 7.21. The summed E-state index contributed by atoms with van der Waals surface area (Å²) in [4.78, 5) is 19.4. The van der Waals surface area contributed by atoms with Gasteiger partial charge in [-0.25, -0.2) is 8.42 Å². The van der Waals surface area contributed by atoms with Crippen molar-refractivity contribution in [2.24, 2.45) is 5.41 Å². The number of halogens is 1. The third kappa shape index (κ3) is 5.28. The zero-order valence-corrected chi connectivity index (χ0v) is 20.2. The Morgan fingerprint density at radius 3 is 2.30 bits per heavy atom. The molecule has 1 aromatic rings. The number of esters is 1. The minimum Gasteiger partial charge on any atom is -0.462 e. The van der Waals surface area contributed by atoms with E-state index in [1.807, 2.05) is 4.90 Å². The first kappa shape index (κ1) is 22.3. The minimum atomic E-state index is -2.40. The number of anilines is 1. The average Bonchev–Trinajstić information content (AvgIpc) is 3.04. The molecule has 30 heavy (non-hydrogen) atoms. The van der Waals surface area contributed by atoms with Crippen molar-refractivity contribution in [2.45, 2.75) is 31.8 Å². The van der Waals surface area contributed by atoms with Crippen molar-refractivity contribution in [2.75, 3.05) is 56.6 Å². The summed E-state index contributed by atoms with van der Waals surface area (Å²) in [6.45, 7) is 6.37. The maximum absolute atomic E-state index is 12.6. The van der Waals surface area contributed by atoms with Crippen molar-refractivity contribution in [3.8, 4) is 0 Å². The van der Waals surface area contributed by atoms with Crippen LogP contribution in [0, 0.1) is 8.99 Å². The molecule has 0 unspecified atom stereocenters. The summed E-state index contributed by atoms with van der Waals surface area (Å²) >= 11 is 2.33. The fourth-order valence-corrected chi connectivity index (χ4v) is 5.87. The van der Waals surface area contributed by atoms with Crippen LogP contribution >= 0.6 is 22.6 Å². The van der Waals surface area contributed by atoms with E-state index in [0.717, 1.165) is 45.6 Å². The predicted molar refractivity (Wildman–Crippen MR) is 125 cm³/mol. The van der Waals surface area contributed by atoms with Crippen LogP contribution in [0.5, 0.6) is 0 Å². The highest BCUT2D eigenvalue weighted by Gasteiger charge is 2.50. The van der Waals surface area contributed by atoms with Crippen molar-refractivity contribution in [1.29, 1.82) is 0 Å². The van der Waals surface area contributed by atoms with Crippen LogP contribution in [0.25, 0.3) is 0 Å². The number of nitrogens with zero attached hydrogens (tertiary/aromatic N) is 3. The van der Waals surface area contributed by atoms with Crippen molar-refractivity contribution in [3.05, 3.63) is 27.8 Å². The SMILES string of the molecule is O=C1O[C@H](CCN2CCN(c3ccc(I)cc3)CC2)CC12CCN(C[SH](=O)=O)CC2. The molecule has 3 aliphatic rings. The molecule has 1 atom stereocenters. The third-order valence-electron chi connectivity index (χ3n) is 6.79. The van der Waals surface area contributed by atoms with E-state index in [1.54, 1.807) is 0 Å². The fourth-order valence-electron chi connectivity index (χ4n) is 4.90. The van der Waals surface area contributed by atoms with Gasteiger partial charge in [0.05, 0.1) is 11.3 Å². The molecular weight excluding hydrogens is 517 g/mol. The van der Waals surface area contributed by atoms with E-state index in [-0.39, 0.29) is 23.4 Å². The van der Waals surface area contributed by atoms with Crippen LogP contribution in [-0.2, 0) is 20.2 Å². The van der Waals surface area contributed by atoms with Crippen molar-refractivity contribution >= 4 is 45.0 Å². The average molecular weight is 547 g/mol. The number of carbonyl (C=O) groups is 1. The number of ether oxygens (including phenoxy) is 1. The number of cyclic esters (lactones) is 1. The van der Waals surface area contributed by atoms with E-state index in [9.17, 15) is 13.2 Å². The van der Waals surface area contributed by atoms with Gasteiger partial charge in [0, 0.05) is 61.5 Å². The number of hydrogen-bond donors (Lipinski definition) is 1. The van der Waals surface area contributed by atoms with E-state index >= 15 is 0 Å². The molecule has 7 nitrogen and oxygen atoms in total. The summed E-state index contributed by atoms with van der Waals surface area (Å²) in [6, 6.07) is 8.68. The largest absolute Gasteiger partial charge is 0.462 e. The number of hydrogen-bond acceptors (Lipinski definition) is 7. The summed E-state index contributed by atoms with van der Waals surface area (Å²) < 4.78 is 28.9. The molecule has 0 aromatic heterocycles. The molecule has 4 rings (SSSR count). The van der Waals surface area contributed by atoms with Gasteiger partial charge >= 0.3 is 5.97 Å². The standard InChI is InChI=1S/C21H30IN3O4S/c22-17-1-3-18(4-2-17)25-13-11-23(12-14-25)8-5-19-15-21(20(26)29-19)6-9-24(10-7-21)16-30(27)28/h1-4,19,30H,5-16H2/t19-/m1/s1. The van der Waals surface area contributed by atoms with Gasteiger partial charge < -0.3 is 9.64 Å². The van der Waals surface area contributed by atoms with Gasteiger partial charge in [-0.15, -0.1) is 0 Å². The maximum Gasteiger partial charge on any atom is 0.312 e. The zero-order chi connectivity index (χ0) is 21.1. The molecule has 9 heteroatoms. The Hall–Kier alpha value is -0.910. The molecule has 0 aliphatic carbocycles. The monoisotopic (exact) mass is 547 g/mol. The van der Waals surface area contributed by atoms with Crippen molar-refractivity contribution in [1.82, 2.24) is 9.80 Å². The fraction of sp³-hybridized carbons (Fsp3) is 0.667. The van der Waals surface area contributed by atoms with Gasteiger partial charge in [0.15, 0.2) is 10.7 Å². The Morgan fingerprint density at radius 1 is 1.00 bits per heavy atom. The molecular formula is C21H30IN3O4S. The normalized spacial score (nSPS) is 25.2. The first-order valence-electron chi connectivity index (χ1n) is 10.7. The molecule has 3 saturated heterocycles. The van der Waals surface area contributed by atoms with E-state index in [1.165, 1.54) is 9.26 Å². The smallest absolute Gasteiger partial charge is 0.312 e. The van der Waals surface area contributed by atoms with Gasteiger partial charge in [0.2, 0.25) is 0 Å². The molecule has 0 radical (unpaired) electrons. The number of benzene rings is 1. The van der Waals surface area contributed by atoms with Crippen LogP contribution in [0.3, 0.4) is 0 Å². The molecule has 0 saturated carbocycles. The van der Waals surface area contributed by atoms with Gasteiger partial charge in [-0.2, -0.15) is 0 Å². The van der Waals surface area contributed by atoms with Gasteiger partial charge in [-0.05, 0) is 66.1 Å². The lowest BCUT2D eigenvalue weighted by molar-refractivity contribution is -0.150. The summed E-state index contributed by atoms with van der Waals surface area (Å²) in [7, 11) is -2.40. The number of likely N-dealkylation sites (tertiary alicyclic amines) is 1. The summed E-state index contributed by atoms with van der Waals surface area (Å²) in [5.74, 6) is 0.0279. The lowest BCUT2D eigenvalue weighted by Gasteiger charge is -2.36. The summed E-state index contributed by atoms with van der Waals surface area (Å²) in [6.07, 6.45) is 3.08. The van der Waals surface area contributed by atoms with E-state index < -0.39 is 10.7 Å². The van der Waals surface area contributed by atoms with Crippen LogP contribution in [0.1, 0.15) is 25.7 Å². The second-order valence-corrected chi connectivity index (χ2v) is 10.9. The molecule has 0 N–H and O–H groups in total. The molecule has 166 valence electrons. The summed E-state index contributed by atoms with van der Waals surface area (Å²) in [5, 5.41) is 0. The van der Waals surface area contributed by atoms with E-state index in [2.05, 4.69) is 56.7 Å². The highest BCUT2D eigenvalue weighted by molar-refractivity contribution is 14.1. The summed E-state index contributed by atoms with van der Waals surface area (Å²) in [5.41, 5.74) is 0.897. The number of piperazine rings is 1. The predicted octanol–water partition coefficient (Wildman–Crippen LogP) is 1.77. The van der Waals surface area contributed by atoms with Crippen molar-refractivity contribution in [3.63, 3.8) is 0 Å². The molecule has 3 heterocycles. The van der Waals surface area contributed by atoms with Crippen LogP contribution in [0.4, 0.5) is 5.69 Å². The second-order valence-electron chi connectivity index (χ2n) is 8.70. The molecule has 0 amide bonds. The van der Waals surface area contributed by atoms with Crippen LogP contribution in [-0.4, -0.2) is 82.0 Å². The zero-order valence-electron chi connectivity index (χ0n) is 17.2. The van der Waals surface area contributed by atoms with Crippen LogP contribution < -0.4 is 4.90 Å². The molecule has 3 fully saturated rings. The molecule has 3 aliphatic heterocycles. The van der Waals surface area contributed by atoms with Crippen LogP contribution in [0.2, 0.25) is 0 Å². The molecule has 1 aromatic carbocycles. The Morgan fingerprint density at radius 2 is 1.67 bits per heavy atom. The number of carbonyl (C=O) groups excluding carboxylic acids is 1. The molecule has 0 bridgehead atoms. The quantitative estimate of drug-likeness (QED) is 0.331. The number of thiol groups is 1. The van der Waals surface area contributed by atoms with E-state index in [4.69, 9.17) is 4.74 Å². The Bertz CT molecular complexity index is 808. The van der Waals surface area contributed by atoms with E-state index in [0.29, 0.717) is 25.9 Å². The Labute approximate surface area is 193 Å². The highest BCUT2D eigenvalue weighted by Crippen LogP contribution is 2.43. The minimum absolute atomic E-state index is 0.00517. The third-order valence-corrected chi connectivity index (χ3v) is 8.14. The lowest BCUT2D eigenvalue weighted by Crippen LogP contribution is -2.47. The first-order chi connectivity index (χ1) is 14.4. The first-order valence-corrected chi connectivity index (χ1v) is 13.2. The van der Waals surface area contributed by atoms with Gasteiger partial charge in [0.1, 0.15) is 6.10 Å². The number of rotatable bonds is 6. The number of piperidine rings is 1. The van der Waals surface area contributed by atoms with Gasteiger partial charge in [-0.3, -0.25) is 14.6 Å². The Balaban J connectivity index is 1.21. The van der Waals surface area contributed by atoms with Crippen LogP contribution in [0.15, 0.2) is 24.3 Å². The van der Waals surface area contributed by atoms with Gasteiger partial charge in [-0.1, -0.05) is 0 Å². The second kappa shape index (κ2) is 9.70. The molecule has 1 spiro atoms. The highest BCUT2D eigenvalue weighted by atomic mass is 127.